The Labute approximate surface area is 87.3 Å². The van der Waals surface area contributed by atoms with E-state index in [1.54, 1.807) is 0 Å². The molecule has 0 aromatic rings. The Morgan fingerprint density at radius 2 is 2.17 bits per heavy atom. The van der Waals surface area contributed by atoms with Crippen LogP contribution in [0.4, 0.5) is 0 Å². The molecule has 0 saturated carbocycles. The molecule has 0 aliphatic carbocycles. The van der Waals surface area contributed by atoms with Gasteiger partial charge in [-0.25, -0.2) is 0 Å². The Bertz CT molecular complexity index is 28.7. The second-order valence-corrected chi connectivity index (χ2v) is 0.955. The van der Waals surface area contributed by atoms with Crippen molar-refractivity contribution < 1.29 is 4.79 Å². The van der Waals surface area contributed by atoms with Crippen LogP contribution in [0.2, 0.25) is 0 Å². The zero-order chi connectivity index (χ0) is 4.12. The molecule has 0 spiro atoms. The van der Waals surface area contributed by atoms with E-state index >= 15 is 0 Å². The first-order chi connectivity index (χ1) is 2.41. The molecule has 0 bridgehead atoms. The predicted octanol–water partition coefficient (Wildman–Crippen LogP) is 0.337. The van der Waals surface area contributed by atoms with Crippen molar-refractivity contribution in [1.29, 1.82) is 0 Å². The van der Waals surface area contributed by atoms with Crippen molar-refractivity contribution in [3.05, 3.63) is 0 Å². The molecule has 0 aromatic carbocycles. The fourth-order valence-electron chi connectivity index (χ4n) is 0.118. The minimum absolute atomic E-state index is 0. The van der Waals surface area contributed by atoms with Gasteiger partial charge >= 0.3 is 58.2 Å². The van der Waals surface area contributed by atoms with Gasteiger partial charge in [0.2, 0.25) is 0 Å². The topological polar surface area (TPSA) is 17.1 Å². The third kappa shape index (κ3) is 9.08. The Morgan fingerprint density at radius 3 is 2.17 bits per heavy atom. The molecule has 6 heavy (non-hydrogen) atoms. The molecule has 0 heterocycles. The summed E-state index contributed by atoms with van der Waals surface area (Å²) >= 11 is 0. The van der Waals surface area contributed by atoms with E-state index in [-0.39, 0.29) is 58.2 Å². The summed E-state index contributed by atoms with van der Waals surface area (Å²) < 4.78 is 0. The number of rotatable bonds is 2. The monoisotopic (exact) mass is 158 g/mol. The van der Waals surface area contributed by atoms with Crippen LogP contribution in [0.1, 0.15) is 19.8 Å². The van der Waals surface area contributed by atoms with E-state index in [1.807, 2.05) is 6.92 Å². The van der Waals surface area contributed by atoms with Crippen LogP contribution in [0.3, 0.4) is 0 Å². The van der Waals surface area contributed by atoms with Crippen LogP contribution in [0.5, 0.6) is 0 Å². The van der Waals surface area contributed by atoms with Crippen LogP contribution >= 0.6 is 0 Å². The van der Waals surface area contributed by atoms with Crippen molar-refractivity contribution in [3.63, 3.8) is 0 Å². The van der Waals surface area contributed by atoms with E-state index < -0.39 is 0 Å². The van der Waals surface area contributed by atoms with Crippen molar-refractivity contribution >= 4 is 64.5 Å². The first kappa shape index (κ1) is 10.5. The van der Waals surface area contributed by atoms with E-state index in [0.29, 0.717) is 6.42 Å². The molecule has 0 N–H and O–H groups in total. The molecule has 0 fully saturated rings. The molecule has 0 rings (SSSR count). The fourth-order valence-corrected chi connectivity index (χ4v) is 0.118. The van der Waals surface area contributed by atoms with E-state index in [2.05, 4.69) is 0 Å². The third-order valence-corrected chi connectivity index (χ3v) is 0.407. The summed E-state index contributed by atoms with van der Waals surface area (Å²) in [5.41, 5.74) is 0. The first-order valence-corrected chi connectivity index (χ1v) is 1.85. The Kier molecular flexibility index (Phi) is 16.9. The van der Waals surface area contributed by atoms with Crippen LogP contribution in [-0.2, 0) is 4.79 Å². The third-order valence-electron chi connectivity index (χ3n) is 0.407. The Morgan fingerprint density at radius 1 is 1.67 bits per heavy atom. The summed E-state index contributed by atoms with van der Waals surface area (Å²) in [5, 5.41) is 0. The van der Waals surface area contributed by atoms with E-state index in [0.717, 1.165) is 12.7 Å². The van der Waals surface area contributed by atoms with Gasteiger partial charge in [0.1, 0.15) is 6.29 Å². The number of carbonyl (C=O) groups is 1. The molecule has 0 aromatic heterocycles. The standard InChI is InChI=1S/C4H8O.Rb.H/c1-2-3-4-5;;/h4H,2-3H2,1H3;;. The molecule has 1 nitrogen and oxygen atoms in total. The molecular weight excluding hydrogens is 150 g/mol. The molecule has 32 valence electrons. The average Bonchev–Trinajstić information content (AvgIpc) is 1.41. The maximum atomic E-state index is 9.40. The molecule has 0 aliphatic heterocycles. The molecule has 0 amide bonds. The molecule has 0 saturated heterocycles. The normalized spacial score (nSPS) is 6.17. The maximum absolute atomic E-state index is 9.40. The summed E-state index contributed by atoms with van der Waals surface area (Å²) in [6.07, 6.45) is 2.61. The zero-order valence-electron chi connectivity index (χ0n) is 3.40. The van der Waals surface area contributed by atoms with E-state index in [4.69, 9.17) is 0 Å². The zero-order valence-corrected chi connectivity index (χ0v) is 3.40. The van der Waals surface area contributed by atoms with Crippen LogP contribution in [0.25, 0.3) is 0 Å². The van der Waals surface area contributed by atoms with Gasteiger partial charge in [0.25, 0.3) is 0 Å². The van der Waals surface area contributed by atoms with Gasteiger partial charge in [-0.2, -0.15) is 0 Å². The van der Waals surface area contributed by atoms with Gasteiger partial charge < -0.3 is 4.79 Å². The van der Waals surface area contributed by atoms with Gasteiger partial charge in [0, 0.05) is 6.42 Å². The van der Waals surface area contributed by atoms with Gasteiger partial charge in [-0.3, -0.25) is 0 Å². The molecule has 0 unspecified atom stereocenters. The predicted molar refractivity (Wildman–Crippen MR) is 28.1 cm³/mol. The molecule has 0 atom stereocenters. The number of carbonyl (C=O) groups excluding carboxylic acids is 1. The molecular formula is C4H9ORb. The van der Waals surface area contributed by atoms with Crippen molar-refractivity contribution in [2.75, 3.05) is 0 Å². The number of hydrogen-bond donors (Lipinski definition) is 0. The number of unbranched alkanes of at least 4 members (excludes halogenated alkanes) is 1. The van der Waals surface area contributed by atoms with Crippen LogP contribution in [-0.4, -0.2) is 64.5 Å². The van der Waals surface area contributed by atoms with Gasteiger partial charge in [0.05, 0.1) is 0 Å². The fraction of sp³-hybridized carbons (Fsp3) is 0.750. The number of hydrogen-bond acceptors (Lipinski definition) is 1. The Hall–Kier alpha value is 1.48. The van der Waals surface area contributed by atoms with Gasteiger partial charge in [-0.1, -0.05) is 6.92 Å². The number of aldehydes is 1. The minimum atomic E-state index is 0. The summed E-state index contributed by atoms with van der Waals surface area (Å²) in [4.78, 5) is 9.40. The Balaban J connectivity index is 0. The van der Waals surface area contributed by atoms with Crippen molar-refractivity contribution in [3.8, 4) is 0 Å². The molecule has 2 heteroatoms. The van der Waals surface area contributed by atoms with E-state index in [1.165, 1.54) is 0 Å². The summed E-state index contributed by atoms with van der Waals surface area (Å²) in [6.45, 7) is 1.98. The summed E-state index contributed by atoms with van der Waals surface area (Å²) in [5.74, 6) is 0. The summed E-state index contributed by atoms with van der Waals surface area (Å²) in [7, 11) is 0. The summed E-state index contributed by atoms with van der Waals surface area (Å²) in [6, 6.07) is 0. The second kappa shape index (κ2) is 9.69. The SMILES string of the molecule is CCCC=O.[RbH]. The molecule has 0 radical (unpaired) electrons. The van der Waals surface area contributed by atoms with Crippen LogP contribution < -0.4 is 0 Å². The second-order valence-electron chi connectivity index (χ2n) is 0.955. The van der Waals surface area contributed by atoms with Gasteiger partial charge in [-0.05, 0) is 6.42 Å². The van der Waals surface area contributed by atoms with Crippen molar-refractivity contribution in [2.45, 2.75) is 19.8 Å². The van der Waals surface area contributed by atoms with Crippen molar-refractivity contribution in [1.82, 2.24) is 0 Å². The van der Waals surface area contributed by atoms with Gasteiger partial charge in [0.15, 0.2) is 0 Å². The quantitative estimate of drug-likeness (QED) is 0.530. The van der Waals surface area contributed by atoms with Crippen LogP contribution in [0, 0.1) is 0 Å². The average molecular weight is 159 g/mol. The molecule has 0 aliphatic rings. The van der Waals surface area contributed by atoms with Crippen LogP contribution in [0.15, 0.2) is 0 Å². The van der Waals surface area contributed by atoms with Gasteiger partial charge in [-0.15, -0.1) is 0 Å². The first-order valence-electron chi connectivity index (χ1n) is 1.85. The van der Waals surface area contributed by atoms with E-state index in [9.17, 15) is 4.79 Å². The van der Waals surface area contributed by atoms with Crippen molar-refractivity contribution in [2.24, 2.45) is 0 Å².